The molecule has 15 heavy (non-hydrogen) atoms. The van der Waals surface area contributed by atoms with Crippen LogP contribution in [0.2, 0.25) is 0 Å². The van der Waals surface area contributed by atoms with Crippen molar-refractivity contribution in [2.75, 3.05) is 20.7 Å². The Labute approximate surface area is 93.3 Å². The van der Waals surface area contributed by atoms with Gasteiger partial charge in [-0.3, -0.25) is 0 Å². The molecule has 88 valence electrons. The second kappa shape index (κ2) is 4.99. The summed E-state index contributed by atoms with van der Waals surface area (Å²) in [6.45, 7) is 5.23. The van der Waals surface area contributed by atoms with Crippen molar-refractivity contribution >= 4 is 0 Å². The number of hydrogen-bond acceptors (Lipinski definition) is 3. The number of likely N-dealkylation sites (N-methyl/N-ethyl adjacent to an activating group) is 1. The molecule has 3 heteroatoms. The molecule has 2 unspecified atom stereocenters. The summed E-state index contributed by atoms with van der Waals surface area (Å²) >= 11 is 0. The van der Waals surface area contributed by atoms with Crippen LogP contribution in [0.1, 0.15) is 33.1 Å². The summed E-state index contributed by atoms with van der Waals surface area (Å²) in [5.74, 6) is 0. The molecule has 0 aromatic rings. The van der Waals surface area contributed by atoms with E-state index in [1.165, 1.54) is 5.57 Å². The van der Waals surface area contributed by atoms with Gasteiger partial charge in [-0.2, -0.15) is 0 Å². The van der Waals surface area contributed by atoms with Crippen molar-refractivity contribution in [1.82, 2.24) is 4.90 Å². The minimum atomic E-state index is 0.0204. The fraction of sp³-hybridized carbons (Fsp3) is 0.833. The summed E-state index contributed by atoms with van der Waals surface area (Å²) < 4.78 is 5.36. The Balaban J connectivity index is 2.80. The zero-order chi connectivity index (χ0) is 11.5. The molecule has 0 aromatic carbocycles. The highest BCUT2D eigenvalue weighted by Gasteiger charge is 2.34. The molecule has 1 rings (SSSR count). The van der Waals surface area contributed by atoms with Gasteiger partial charge in [0.1, 0.15) is 0 Å². The van der Waals surface area contributed by atoms with Gasteiger partial charge in [0.15, 0.2) is 0 Å². The maximum Gasteiger partial charge on any atom is 0.0876 e. The van der Waals surface area contributed by atoms with Gasteiger partial charge in [0.05, 0.1) is 12.9 Å². The summed E-state index contributed by atoms with van der Waals surface area (Å²) in [5, 5.41) is 0. The molecule has 0 amide bonds. The number of rotatable bonds is 4. The van der Waals surface area contributed by atoms with Crippen LogP contribution in [0.5, 0.6) is 0 Å². The van der Waals surface area contributed by atoms with Gasteiger partial charge in [0.2, 0.25) is 0 Å². The highest BCUT2D eigenvalue weighted by molar-refractivity contribution is 5.16. The number of ether oxygens (including phenoxy) is 1. The molecule has 0 spiro atoms. The lowest BCUT2D eigenvalue weighted by Crippen LogP contribution is -2.55. The van der Waals surface area contributed by atoms with E-state index in [0.29, 0.717) is 0 Å². The van der Waals surface area contributed by atoms with Gasteiger partial charge in [0, 0.05) is 11.6 Å². The van der Waals surface area contributed by atoms with Crippen molar-refractivity contribution in [1.29, 1.82) is 0 Å². The Bertz CT molecular complexity index is 238. The van der Waals surface area contributed by atoms with Gasteiger partial charge in [-0.25, -0.2) is 0 Å². The molecule has 1 aliphatic rings. The molecule has 1 aliphatic heterocycles. The third-order valence-electron chi connectivity index (χ3n) is 3.77. The van der Waals surface area contributed by atoms with Gasteiger partial charge in [0.25, 0.3) is 0 Å². The summed E-state index contributed by atoms with van der Waals surface area (Å²) in [7, 11) is 4.18. The van der Waals surface area contributed by atoms with E-state index >= 15 is 0 Å². The fourth-order valence-corrected chi connectivity index (χ4v) is 2.03. The lowest BCUT2D eigenvalue weighted by atomic mass is 9.82. The summed E-state index contributed by atoms with van der Waals surface area (Å²) in [4.78, 5) is 2.22. The lowest BCUT2D eigenvalue weighted by molar-refractivity contribution is 0.135. The minimum absolute atomic E-state index is 0.0204. The van der Waals surface area contributed by atoms with Gasteiger partial charge >= 0.3 is 0 Å². The molecule has 2 N–H and O–H groups in total. The summed E-state index contributed by atoms with van der Waals surface area (Å²) in [6, 6.07) is 0.0674. The van der Waals surface area contributed by atoms with Crippen molar-refractivity contribution in [3.8, 4) is 0 Å². The fourth-order valence-electron chi connectivity index (χ4n) is 2.03. The summed E-state index contributed by atoms with van der Waals surface area (Å²) in [5.41, 5.74) is 7.62. The molecule has 0 saturated heterocycles. The second-order valence-corrected chi connectivity index (χ2v) is 4.75. The van der Waals surface area contributed by atoms with Crippen LogP contribution in [0.15, 0.2) is 11.8 Å². The van der Waals surface area contributed by atoms with Gasteiger partial charge in [-0.1, -0.05) is 6.92 Å². The molecular formula is C12H24N2O. The zero-order valence-electron chi connectivity index (χ0n) is 10.4. The van der Waals surface area contributed by atoms with E-state index in [9.17, 15) is 0 Å². The Kier molecular flexibility index (Phi) is 4.17. The normalized spacial score (nSPS) is 22.9. The molecule has 0 fully saturated rings. The number of nitrogens with zero attached hydrogens (tertiary/aromatic N) is 1. The van der Waals surface area contributed by atoms with E-state index in [-0.39, 0.29) is 11.6 Å². The Morgan fingerprint density at radius 2 is 2.27 bits per heavy atom. The average molecular weight is 212 g/mol. The highest BCUT2D eigenvalue weighted by Crippen LogP contribution is 2.27. The van der Waals surface area contributed by atoms with Crippen LogP contribution in [0, 0.1) is 0 Å². The maximum absolute atomic E-state index is 6.35. The predicted octanol–water partition coefficient (Wildman–Crippen LogP) is 1.74. The van der Waals surface area contributed by atoms with Crippen LogP contribution in [0.25, 0.3) is 0 Å². The monoisotopic (exact) mass is 212 g/mol. The predicted molar refractivity (Wildman–Crippen MR) is 63.6 cm³/mol. The first-order valence-corrected chi connectivity index (χ1v) is 5.76. The minimum Gasteiger partial charge on any atom is -0.501 e. The molecule has 0 aromatic heterocycles. The van der Waals surface area contributed by atoms with Crippen LogP contribution < -0.4 is 5.73 Å². The molecule has 0 aliphatic carbocycles. The van der Waals surface area contributed by atoms with Gasteiger partial charge in [-0.15, -0.1) is 0 Å². The third kappa shape index (κ3) is 2.52. The smallest absolute Gasteiger partial charge is 0.0876 e. The quantitative estimate of drug-likeness (QED) is 0.771. The SMILES string of the molecule is CCC(C)(C(N)C1=COCCC1)N(C)C. The van der Waals surface area contributed by atoms with E-state index in [4.69, 9.17) is 10.5 Å². The van der Waals surface area contributed by atoms with Crippen LogP contribution in [0.3, 0.4) is 0 Å². The zero-order valence-corrected chi connectivity index (χ0v) is 10.4. The van der Waals surface area contributed by atoms with E-state index in [0.717, 1.165) is 25.9 Å². The van der Waals surface area contributed by atoms with E-state index in [2.05, 4.69) is 32.8 Å². The standard InChI is InChI=1S/C12H24N2O/c1-5-12(2,14(3)4)11(13)10-7-6-8-15-9-10/h9,11H,5-8,13H2,1-4H3. The second-order valence-electron chi connectivity index (χ2n) is 4.75. The number of nitrogens with two attached hydrogens (primary N) is 1. The maximum atomic E-state index is 6.35. The Morgan fingerprint density at radius 3 is 2.67 bits per heavy atom. The van der Waals surface area contributed by atoms with E-state index < -0.39 is 0 Å². The van der Waals surface area contributed by atoms with Crippen LogP contribution in [0.4, 0.5) is 0 Å². The van der Waals surface area contributed by atoms with E-state index in [1.807, 2.05) is 6.26 Å². The first kappa shape index (κ1) is 12.5. The van der Waals surface area contributed by atoms with Crippen molar-refractivity contribution in [2.45, 2.75) is 44.7 Å². The molecule has 0 saturated carbocycles. The third-order valence-corrected chi connectivity index (χ3v) is 3.77. The molecule has 2 atom stereocenters. The number of hydrogen-bond donors (Lipinski definition) is 1. The first-order chi connectivity index (χ1) is 7.02. The van der Waals surface area contributed by atoms with Gasteiger partial charge < -0.3 is 15.4 Å². The van der Waals surface area contributed by atoms with Crippen molar-refractivity contribution < 1.29 is 4.74 Å². The summed E-state index contributed by atoms with van der Waals surface area (Å²) in [6.07, 6.45) is 5.07. The Morgan fingerprint density at radius 1 is 1.60 bits per heavy atom. The highest BCUT2D eigenvalue weighted by atomic mass is 16.5. The van der Waals surface area contributed by atoms with Crippen molar-refractivity contribution in [2.24, 2.45) is 5.73 Å². The van der Waals surface area contributed by atoms with Crippen LogP contribution in [-0.4, -0.2) is 37.2 Å². The van der Waals surface area contributed by atoms with Crippen molar-refractivity contribution in [3.05, 3.63) is 11.8 Å². The van der Waals surface area contributed by atoms with Gasteiger partial charge in [-0.05, 0) is 45.9 Å². The molecule has 0 radical (unpaired) electrons. The first-order valence-electron chi connectivity index (χ1n) is 5.76. The lowest BCUT2D eigenvalue weighted by Gasteiger charge is -2.42. The molecule has 3 nitrogen and oxygen atoms in total. The molecule has 0 bridgehead atoms. The van der Waals surface area contributed by atoms with Crippen molar-refractivity contribution in [3.63, 3.8) is 0 Å². The van der Waals surface area contributed by atoms with Crippen LogP contribution >= 0.6 is 0 Å². The molecule has 1 heterocycles. The largest absolute Gasteiger partial charge is 0.501 e. The Hall–Kier alpha value is -0.540. The topological polar surface area (TPSA) is 38.5 Å². The molecular weight excluding hydrogens is 188 g/mol. The van der Waals surface area contributed by atoms with Crippen LogP contribution in [-0.2, 0) is 4.74 Å². The average Bonchev–Trinajstić information content (AvgIpc) is 2.28. The van der Waals surface area contributed by atoms with E-state index in [1.54, 1.807) is 0 Å².